The Labute approximate surface area is 128 Å². The minimum Gasteiger partial charge on any atom is -0.448 e. The largest absolute Gasteiger partial charge is 0.448 e. The van der Waals surface area contributed by atoms with Gasteiger partial charge in [-0.3, -0.25) is 0 Å². The highest BCUT2D eigenvalue weighted by atomic mass is 16.6. The van der Waals surface area contributed by atoms with Crippen molar-refractivity contribution in [3.05, 3.63) is 60.7 Å². The molecule has 2 aromatic carbocycles. The van der Waals surface area contributed by atoms with Gasteiger partial charge in [0.25, 0.3) is 0 Å². The zero-order chi connectivity index (χ0) is 15.4. The molecule has 110 valence electrons. The van der Waals surface area contributed by atoms with Crippen LogP contribution in [0.4, 0.5) is 4.79 Å². The summed E-state index contributed by atoms with van der Waals surface area (Å²) in [6.07, 6.45) is -0.531. The van der Waals surface area contributed by atoms with Gasteiger partial charge in [0, 0.05) is 11.1 Å². The molecule has 0 saturated carbocycles. The molecule has 0 aliphatic rings. The minimum absolute atomic E-state index is 0.285. The van der Waals surface area contributed by atoms with Crippen molar-refractivity contribution in [2.24, 2.45) is 0 Å². The Bertz CT molecular complexity index is 767. The van der Waals surface area contributed by atoms with Gasteiger partial charge in [0.05, 0.1) is 6.61 Å². The minimum atomic E-state index is -0.531. The maximum atomic E-state index is 12.1. The standard InChI is InChI=1S/C17H15N3O2/c1-2-22-17(21)20-16(14-11-7-4-8-12-14)18-15(19-20)13-9-5-3-6-10-13/h3-12H,2H2,1H3. The normalized spacial score (nSPS) is 10.4. The van der Waals surface area contributed by atoms with Crippen LogP contribution in [-0.2, 0) is 4.74 Å². The van der Waals surface area contributed by atoms with Gasteiger partial charge in [-0.25, -0.2) is 9.78 Å². The first-order valence-electron chi connectivity index (χ1n) is 7.04. The molecule has 0 bridgehead atoms. The molecular weight excluding hydrogens is 278 g/mol. The van der Waals surface area contributed by atoms with E-state index in [1.165, 1.54) is 4.68 Å². The molecule has 0 fully saturated rings. The molecule has 0 spiro atoms. The summed E-state index contributed by atoms with van der Waals surface area (Å²) in [7, 11) is 0. The number of carbonyl (C=O) groups excluding carboxylic acids is 1. The van der Waals surface area contributed by atoms with Gasteiger partial charge in [-0.1, -0.05) is 60.7 Å². The van der Waals surface area contributed by atoms with Crippen LogP contribution < -0.4 is 0 Å². The lowest BCUT2D eigenvalue weighted by molar-refractivity contribution is 0.151. The number of ether oxygens (including phenoxy) is 1. The van der Waals surface area contributed by atoms with Crippen molar-refractivity contribution in [2.45, 2.75) is 6.92 Å². The van der Waals surface area contributed by atoms with Gasteiger partial charge < -0.3 is 4.74 Å². The number of rotatable bonds is 3. The highest BCUT2D eigenvalue weighted by Gasteiger charge is 2.19. The molecule has 0 aliphatic heterocycles. The van der Waals surface area contributed by atoms with Crippen LogP contribution in [0, 0.1) is 0 Å². The first-order chi connectivity index (χ1) is 10.8. The molecular formula is C17H15N3O2. The van der Waals surface area contributed by atoms with E-state index in [9.17, 15) is 4.79 Å². The second-order valence-corrected chi connectivity index (χ2v) is 4.60. The zero-order valence-corrected chi connectivity index (χ0v) is 12.1. The van der Waals surface area contributed by atoms with Gasteiger partial charge >= 0.3 is 6.09 Å². The first-order valence-corrected chi connectivity index (χ1v) is 7.04. The third-order valence-corrected chi connectivity index (χ3v) is 3.11. The summed E-state index contributed by atoms with van der Waals surface area (Å²) >= 11 is 0. The zero-order valence-electron chi connectivity index (χ0n) is 12.1. The van der Waals surface area contributed by atoms with Gasteiger partial charge in [0.1, 0.15) is 0 Å². The van der Waals surface area contributed by atoms with E-state index in [2.05, 4.69) is 10.1 Å². The maximum absolute atomic E-state index is 12.1. The fourth-order valence-electron chi connectivity index (χ4n) is 2.11. The number of carbonyl (C=O) groups is 1. The van der Waals surface area contributed by atoms with Crippen molar-refractivity contribution in [3.8, 4) is 22.8 Å². The van der Waals surface area contributed by atoms with Gasteiger partial charge in [-0.2, -0.15) is 0 Å². The van der Waals surface area contributed by atoms with Crippen molar-refractivity contribution in [1.29, 1.82) is 0 Å². The molecule has 0 aliphatic carbocycles. The van der Waals surface area contributed by atoms with Crippen molar-refractivity contribution in [3.63, 3.8) is 0 Å². The molecule has 0 amide bonds. The Morgan fingerprint density at radius 3 is 2.18 bits per heavy atom. The fraction of sp³-hybridized carbons (Fsp3) is 0.118. The molecule has 3 aromatic rings. The van der Waals surface area contributed by atoms with E-state index in [4.69, 9.17) is 4.74 Å². The lowest BCUT2D eigenvalue weighted by atomic mass is 10.2. The van der Waals surface area contributed by atoms with E-state index in [1.807, 2.05) is 60.7 Å². The quantitative estimate of drug-likeness (QED) is 0.740. The van der Waals surface area contributed by atoms with Crippen LogP contribution in [-0.4, -0.2) is 27.5 Å². The van der Waals surface area contributed by atoms with E-state index >= 15 is 0 Å². The summed E-state index contributed by atoms with van der Waals surface area (Å²) in [5.74, 6) is 0.963. The number of hydrogen-bond donors (Lipinski definition) is 0. The summed E-state index contributed by atoms with van der Waals surface area (Å²) < 4.78 is 6.27. The summed E-state index contributed by atoms with van der Waals surface area (Å²) in [6, 6.07) is 19.0. The number of benzene rings is 2. The average molecular weight is 293 g/mol. The monoisotopic (exact) mass is 293 g/mol. The highest BCUT2D eigenvalue weighted by molar-refractivity contribution is 5.77. The SMILES string of the molecule is CCOC(=O)n1nc(-c2ccccc2)nc1-c1ccccc1. The Balaban J connectivity index is 2.11. The van der Waals surface area contributed by atoms with E-state index < -0.39 is 6.09 Å². The first kappa shape index (κ1) is 14.0. The number of hydrogen-bond acceptors (Lipinski definition) is 4. The molecule has 0 N–H and O–H groups in total. The summed E-state index contributed by atoms with van der Waals surface area (Å²) in [4.78, 5) is 16.6. The molecule has 0 unspecified atom stereocenters. The van der Waals surface area contributed by atoms with Crippen molar-refractivity contribution in [1.82, 2.24) is 14.8 Å². The predicted octanol–water partition coefficient (Wildman–Crippen LogP) is 3.62. The van der Waals surface area contributed by atoms with E-state index in [0.717, 1.165) is 11.1 Å². The van der Waals surface area contributed by atoms with Crippen LogP contribution in [0.2, 0.25) is 0 Å². The van der Waals surface area contributed by atoms with Gasteiger partial charge in [0.2, 0.25) is 0 Å². The molecule has 22 heavy (non-hydrogen) atoms. The maximum Gasteiger partial charge on any atom is 0.436 e. The second-order valence-electron chi connectivity index (χ2n) is 4.60. The predicted molar refractivity (Wildman–Crippen MR) is 83.3 cm³/mol. The molecule has 0 atom stereocenters. The van der Waals surface area contributed by atoms with Crippen LogP contribution in [0.5, 0.6) is 0 Å². The Hall–Kier alpha value is -2.95. The second kappa shape index (κ2) is 6.22. The molecule has 0 radical (unpaired) electrons. The third-order valence-electron chi connectivity index (χ3n) is 3.11. The smallest absolute Gasteiger partial charge is 0.436 e. The molecule has 1 aromatic heterocycles. The van der Waals surface area contributed by atoms with E-state index in [-0.39, 0.29) is 6.61 Å². The van der Waals surface area contributed by atoms with Crippen molar-refractivity contribution in [2.75, 3.05) is 6.61 Å². The van der Waals surface area contributed by atoms with Gasteiger partial charge in [0.15, 0.2) is 11.6 Å². The van der Waals surface area contributed by atoms with Crippen LogP contribution in [0.15, 0.2) is 60.7 Å². The van der Waals surface area contributed by atoms with Crippen molar-refractivity contribution >= 4 is 6.09 Å². The van der Waals surface area contributed by atoms with Crippen LogP contribution >= 0.6 is 0 Å². The Morgan fingerprint density at radius 1 is 1.00 bits per heavy atom. The van der Waals surface area contributed by atoms with E-state index in [0.29, 0.717) is 11.6 Å². The molecule has 5 nitrogen and oxygen atoms in total. The third kappa shape index (κ3) is 2.74. The average Bonchev–Trinajstić information content (AvgIpc) is 3.02. The number of aromatic nitrogens is 3. The van der Waals surface area contributed by atoms with E-state index in [1.54, 1.807) is 6.92 Å². The summed E-state index contributed by atoms with van der Waals surface area (Å²) in [5.41, 5.74) is 1.66. The fourth-order valence-corrected chi connectivity index (χ4v) is 2.11. The molecule has 1 heterocycles. The van der Waals surface area contributed by atoms with Crippen molar-refractivity contribution < 1.29 is 9.53 Å². The highest BCUT2D eigenvalue weighted by Crippen LogP contribution is 2.22. The Kier molecular flexibility index (Phi) is 3.96. The topological polar surface area (TPSA) is 57.0 Å². The van der Waals surface area contributed by atoms with Gasteiger partial charge in [-0.15, -0.1) is 9.78 Å². The molecule has 3 rings (SSSR count). The Morgan fingerprint density at radius 2 is 1.59 bits per heavy atom. The van der Waals surface area contributed by atoms with Crippen LogP contribution in [0.25, 0.3) is 22.8 Å². The molecule has 0 saturated heterocycles. The summed E-state index contributed by atoms with van der Waals surface area (Å²) in [6.45, 7) is 2.04. The summed E-state index contributed by atoms with van der Waals surface area (Å²) in [5, 5.41) is 4.31. The van der Waals surface area contributed by atoms with Crippen LogP contribution in [0.1, 0.15) is 6.92 Å². The van der Waals surface area contributed by atoms with Crippen LogP contribution in [0.3, 0.4) is 0 Å². The lowest BCUT2D eigenvalue weighted by Crippen LogP contribution is -2.16. The molecule has 5 heteroatoms. The van der Waals surface area contributed by atoms with Gasteiger partial charge in [-0.05, 0) is 6.92 Å². The number of nitrogens with zero attached hydrogens (tertiary/aromatic N) is 3. The lowest BCUT2D eigenvalue weighted by Gasteiger charge is -2.04.